The molecule has 1 aliphatic rings. The van der Waals surface area contributed by atoms with Crippen LogP contribution in [0.15, 0.2) is 54.6 Å². The topological polar surface area (TPSA) is 37.3 Å². The van der Waals surface area contributed by atoms with Gasteiger partial charge in [-0.1, -0.05) is 48.5 Å². The first-order chi connectivity index (χ1) is 10.00. The lowest BCUT2D eigenvalue weighted by Gasteiger charge is -2.21. The molecular weight excluding hydrogens is 260 g/mol. The van der Waals surface area contributed by atoms with E-state index in [-0.39, 0.29) is 0 Å². The van der Waals surface area contributed by atoms with E-state index < -0.39 is 11.4 Å². The predicted molar refractivity (Wildman–Crippen MR) is 84.3 cm³/mol. The molecule has 2 aromatic rings. The van der Waals surface area contributed by atoms with Gasteiger partial charge >= 0.3 is 5.97 Å². The van der Waals surface area contributed by atoms with Crippen molar-refractivity contribution in [2.45, 2.75) is 25.7 Å². The van der Waals surface area contributed by atoms with Crippen molar-refractivity contribution in [2.75, 3.05) is 0 Å². The van der Waals surface area contributed by atoms with E-state index in [1.54, 1.807) is 13.8 Å². The summed E-state index contributed by atoms with van der Waals surface area (Å²) in [6, 6.07) is 16.3. The SMILES string of the molecule is CC(C)(C(=O)O)c1ccc2c(c1)C(c1ccccc1)=CC2. The van der Waals surface area contributed by atoms with E-state index in [9.17, 15) is 9.90 Å². The number of aliphatic carboxylic acids is 1. The lowest BCUT2D eigenvalue weighted by atomic mass is 9.82. The van der Waals surface area contributed by atoms with Crippen molar-refractivity contribution in [1.82, 2.24) is 0 Å². The van der Waals surface area contributed by atoms with Crippen LogP contribution in [0.25, 0.3) is 5.57 Å². The molecule has 2 nitrogen and oxygen atoms in total. The van der Waals surface area contributed by atoms with Crippen molar-refractivity contribution < 1.29 is 9.90 Å². The van der Waals surface area contributed by atoms with Crippen LogP contribution in [0, 0.1) is 0 Å². The number of carboxylic acids is 1. The second-order valence-corrected chi connectivity index (χ2v) is 5.99. The van der Waals surface area contributed by atoms with E-state index in [0.29, 0.717) is 0 Å². The molecule has 0 atom stereocenters. The van der Waals surface area contributed by atoms with Gasteiger partial charge in [-0.15, -0.1) is 0 Å². The Balaban J connectivity index is 2.08. The highest BCUT2D eigenvalue weighted by Gasteiger charge is 2.30. The van der Waals surface area contributed by atoms with Crippen LogP contribution in [0.1, 0.15) is 36.1 Å². The number of hydrogen-bond acceptors (Lipinski definition) is 1. The van der Waals surface area contributed by atoms with Crippen LogP contribution >= 0.6 is 0 Å². The molecule has 0 spiro atoms. The number of benzene rings is 2. The summed E-state index contributed by atoms with van der Waals surface area (Å²) in [6.45, 7) is 3.50. The van der Waals surface area contributed by atoms with Crippen molar-refractivity contribution in [2.24, 2.45) is 0 Å². The van der Waals surface area contributed by atoms with Crippen molar-refractivity contribution in [3.8, 4) is 0 Å². The van der Waals surface area contributed by atoms with E-state index in [0.717, 1.165) is 17.5 Å². The van der Waals surface area contributed by atoms with Crippen LogP contribution < -0.4 is 0 Å². The minimum atomic E-state index is -0.876. The highest BCUT2D eigenvalue weighted by Crippen LogP contribution is 2.36. The molecule has 1 N–H and O–H groups in total. The molecule has 0 radical (unpaired) electrons. The first-order valence-corrected chi connectivity index (χ1v) is 7.13. The molecule has 0 heterocycles. The van der Waals surface area contributed by atoms with Crippen LogP contribution in [-0.4, -0.2) is 11.1 Å². The zero-order chi connectivity index (χ0) is 15.0. The summed E-state index contributed by atoms with van der Waals surface area (Å²) >= 11 is 0. The molecular formula is C19H18O2. The monoisotopic (exact) mass is 278 g/mol. The van der Waals surface area contributed by atoms with Crippen LogP contribution in [0.3, 0.4) is 0 Å². The van der Waals surface area contributed by atoms with E-state index >= 15 is 0 Å². The van der Waals surface area contributed by atoms with E-state index in [4.69, 9.17) is 0 Å². The standard InChI is InChI=1S/C19H18O2/c1-19(2,18(20)21)15-10-8-14-9-11-16(17(14)12-15)13-6-4-3-5-7-13/h3-8,10-12H,9H2,1-2H3,(H,20,21). The quantitative estimate of drug-likeness (QED) is 0.920. The van der Waals surface area contributed by atoms with Crippen molar-refractivity contribution in [3.63, 3.8) is 0 Å². The Morgan fingerprint density at radius 2 is 1.81 bits per heavy atom. The molecule has 0 amide bonds. The fourth-order valence-corrected chi connectivity index (χ4v) is 2.73. The van der Waals surface area contributed by atoms with Gasteiger partial charge in [0.25, 0.3) is 0 Å². The Morgan fingerprint density at radius 1 is 1.10 bits per heavy atom. The van der Waals surface area contributed by atoms with Gasteiger partial charge in [0.15, 0.2) is 0 Å². The predicted octanol–water partition coefficient (Wildman–Crippen LogP) is 4.04. The molecule has 0 saturated carbocycles. The lowest BCUT2D eigenvalue weighted by Crippen LogP contribution is -2.28. The maximum Gasteiger partial charge on any atom is 0.313 e. The van der Waals surface area contributed by atoms with Crippen molar-refractivity contribution >= 4 is 11.5 Å². The minimum Gasteiger partial charge on any atom is -0.481 e. The molecule has 2 heteroatoms. The number of hydrogen-bond donors (Lipinski definition) is 1. The summed E-state index contributed by atoms with van der Waals surface area (Å²) in [6.07, 6.45) is 3.13. The average Bonchev–Trinajstić information content (AvgIpc) is 2.91. The maximum absolute atomic E-state index is 11.5. The van der Waals surface area contributed by atoms with Crippen molar-refractivity contribution in [1.29, 1.82) is 0 Å². The lowest BCUT2D eigenvalue weighted by molar-refractivity contribution is -0.142. The third-order valence-electron chi connectivity index (χ3n) is 4.27. The third-order valence-corrected chi connectivity index (χ3v) is 4.27. The summed E-state index contributed by atoms with van der Waals surface area (Å²) in [5.41, 5.74) is 4.78. The van der Waals surface area contributed by atoms with Gasteiger partial charge in [0, 0.05) is 0 Å². The second kappa shape index (κ2) is 4.88. The average molecular weight is 278 g/mol. The van der Waals surface area contributed by atoms with E-state index in [1.807, 2.05) is 30.3 Å². The minimum absolute atomic E-state index is 0.800. The molecule has 0 aromatic heterocycles. The molecule has 0 bridgehead atoms. The third kappa shape index (κ3) is 2.27. The van der Waals surface area contributed by atoms with Gasteiger partial charge in [-0.05, 0) is 54.2 Å². The van der Waals surface area contributed by atoms with Crippen LogP contribution in [-0.2, 0) is 16.6 Å². The first-order valence-electron chi connectivity index (χ1n) is 7.13. The molecule has 1 aliphatic carbocycles. The smallest absolute Gasteiger partial charge is 0.313 e. The molecule has 0 fully saturated rings. The zero-order valence-corrected chi connectivity index (χ0v) is 12.3. The largest absolute Gasteiger partial charge is 0.481 e. The summed E-state index contributed by atoms with van der Waals surface area (Å²) in [5, 5.41) is 9.41. The molecule has 3 rings (SSSR count). The van der Waals surface area contributed by atoms with Crippen LogP contribution in [0.5, 0.6) is 0 Å². The maximum atomic E-state index is 11.5. The number of allylic oxidation sites excluding steroid dienone is 1. The summed E-state index contributed by atoms with van der Waals surface area (Å²) in [4.78, 5) is 11.5. The fourth-order valence-electron chi connectivity index (χ4n) is 2.73. The highest BCUT2D eigenvalue weighted by molar-refractivity contribution is 5.86. The Bertz CT molecular complexity index is 724. The summed E-state index contributed by atoms with van der Waals surface area (Å²) < 4.78 is 0. The Hall–Kier alpha value is -2.35. The van der Waals surface area contributed by atoms with Gasteiger partial charge < -0.3 is 5.11 Å². The molecule has 0 aliphatic heterocycles. The Morgan fingerprint density at radius 3 is 2.48 bits per heavy atom. The Kier molecular flexibility index (Phi) is 3.17. The molecule has 21 heavy (non-hydrogen) atoms. The zero-order valence-electron chi connectivity index (χ0n) is 12.3. The normalized spacial score (nSPS) is 13.7. The summed E-state index contributed by atoms with van der Waals surface area (Å²) in [7, 11) is 0. The fraction of sp³-hybridized carbons (Fsp3) is 0.211. The molecule has 0 unspecified atom stereocenters. The van der Waals surface area contributed by atoms with E-state index in [1.165, 1.54) is 16.7 Å². The van der Waals surface area contributed by atoms with Gasteiger partial charge in [-0.2, -0.15) is 0 Å². The number of fused-ring (bicyclic) bond motifs is 1. The Labute approximate surface area is 124 Å². The van der Waals surface area contributed by atoms with Gasteiger partial charge in [-0.3, -0.25) is 4.79 Å². The molecule has 0 saturated heterocycles. The number of rotatable bonds is 3. The number of carboxylic acid groups (broad SMARTS) is 1. The molecule has 2 aromatic carbocycles. The number of carbonyl (C=O) groups is 1. The van der Waals surface area contributed by atoms with Crippen LogP contribution in [0.2, 0.25) is 0 Å². The molecule has 106 valence electrons. The summed E-state index contributed by atoms with van der Waals surface area (Å²) in [5.74, 6) is -0.800. The van der Waals surface area contributed by atoms with Crippen molar-refractivity contribution in [3.05, 3.63) is 76.9 Å². The highest BCUT2D eigenvalue weighted by atomic mass is 16.4. The van der Waals surface area contributed by atoms with Gasteiger partial charge in [0.05, 0.1) is 5.41 Å². The van der Waals surface area contributed by atoms with Gasteiger partial charge in [0.1, 0.15) is 0 Å². The van der Waals surface area contributed by atoms with Crippen LogP contribution in [0.4, 0.5) is 0 Å². The first kappa shape index (κ1) is 13.6. The van der Waals surface area contributed by atoms with Gasteiger partial charge in [0.2, 0.25) is 0 Å². The second-order valence-electron chi connectivity index (χ2n) is 5.99. The van der Waals surface area contributed by atoms with Gasteiger partial charge in [-0.25, -0.2) is 0 Å². The van der Waals surface area contributed by atoms with E-state index in [2.05, 4.69) is 24.3 Å².